The summed E-state index contributed by atoms with van der Waals surface area (Å²) in [6.45, 7) is 4.00. The minimum Gasteiger partial charge on any atom is -0.367 e. The van der Waals surface area contributed by atoms with E-state index >= 15 is 0 Å². The van der Waals surface area contributed by atoms with Gasteiger partial charge in [-0.05, 0) is 32.8 Å². The fraction of sp³-hybridized carbons (Fsp3) is 0.417. The second-order valence-corrected chi connectivity index (χ2v) is 4.52. The lowest BCUT2D eigenvalue weighted by molar-refractivity contribution is 0.800. The van der Waals surface area contributed by atoms with Gasteiger partial charge in [-0.2, -0.15) is 5.10 Å². The van der Waals surface area contributed by atoms with Crippen molar-refractivity contribution in [2.75, 3.05) is 5.32 Å². The zero-order chi connectivity index (χ0) is 11.8. The molecular weight excluding hydrogens is 214 g/mol. The highest BCUT2D eigenvalue weighted by atomic mass is 15.3. The van der Waals surface area contributed by atoms with Crippen molar-refractivity contribution < 1.29 is 0 Å². The molecule has 17 heavy (non-hydrogen) atoms. The minimum atomic E-state index is 0.596. The molecule has 0 spiro atoms. The first-order valence-corrected chi connectivity index (χ1v) is 5.84. The lowest BCUT2D eigenvalue weighted by Gasteiger charge is -2.06. The van der Waals surface area contributed by atoms with Gasteiger partial charge in [-0.1, -0.05) is 0 Å². The average Bonchev–Trinajstić information content (AvgIpc) is 3.03. The first-order chi connectivity index (χ1) is 8.22. The first-order valence-electron chi connectivity index (χ1n) is 5.84. The summed E-state index contributed by atoms with van der Waals surface area (Å²) in [5, 5.41) is 7.78. The van der Waals surface area contributed by atoms with E-state index < -0.39 is 0 Å². The predicted octanol–water partition coefficient (Wildman–Crippen LogP) is 1.85. The molecule has 2 heterocycles. The van der Waals surface area contributed by atoms with Gasteiger partial charge in [-0.25, -0.2) is 14.6 Å². The van der Waals surface area contributed by atoms with E-state index in [1.54, 1.807) is 6.33 Å². The van der Waals surface area contributed by atoms with Crippen LogP contribution >= 0.6 is 0 Å². The van der Waals surface area contributed by atoms with E-state index in [2.05, 4.69) is 20.4 Å². The van der Waals surface area contributed by atoms with Crippen molar-refractivity contribution in [2.45, 2.75) is 32.7 Å². The fourth-order valence-electron chi connectivity index (χ4n) is 1.84. The molecule has 5 heteroatoms. The van der Waals surface area contributed by atoms with E-state index in [1.807, 2.05) is 30.7 Å². The molecule has 0 amide bonds. The Morgan fingerprint density at radius 3 is 2.71 bits per heavy atom. The quantitative estimate of drug-likeness (QED) is 0.872. The molecule has 0 aliphatic heterocycles. The van der Waals surface area contributed by atoms with Crippen LogP contribution in [0.4, 0.5) is 5.82 Å². The van der Waals surface area contributed by atoms with Crippen LogP contribution in [0.15, 0.2) is 18.5 Å². The Hall–Kier alpha value is -1.91. The van der Waals surface area contributed by atoms with Crippen molar-refractivity contribution >= 4 is 5.82 Å². The molecule has 1 aliphatic carbocycles. The zero-order valence-corrected chi connectivity index (χ0v) is 10.0. The van der Waals surface area contributed by atoms with Crippen molar-refractivity contribution in [3.8, 4) is 5.82 Å². The predicted molar refractivity (Wildman–Crippen MR) is 65.3 cm³/mol. The molecule has 0 radical (unpaired) electrons. The van der Waals surface area contributed by atoms with Crippen LogP contribution in [-0.2, 0) is 0 Å². The van der Waals surface area contributed by atoms with E-state index in [4.69, 9.17) is 0 Å². The first kappa shape index (κ1) is 10.3. The summed E-state index contributed by atoms with van der Waals surface area (Å²) in [5.41, 5.74) is 2.08. The summed E-state index contributed by atoms with van der Waals surface area (Å²) >= 11 is 0. The molecule has 88 valence electrons. The van der Waals surface area contributed by atoms with Gasteiger partial charge < -0.3 is 5.32 Å². The van der Waals surface area contributed by atoms with Gasteiger partial charge in [0, 0.05) is 17.8 Å². The van der Waals surface area contributed by atoms with Crippen molar-refractivity contribution in [3.63, 3.8) is 0 Å². The van der Waals surface area contributed by atoms with Gasteiger partial charge in [0.25, 0.3) is 0 Å². The molecule has 0 saturated heterocycles. The molecule has 0 atom stereocenters. The molecule has 1 N–H and O–H groups in total. The van der Waals surface area contributed by atoms with Gasteiger partial charge in [-0.3, -0.25) is 0 Å². The Morgan fingerprint density at radius 1 is 1.24 bits per heavy atom. The fourth-order valence-corrected chi connectivity index (χ4v) is 1.84. The Morgan fingerprint density at radius 2 is 2.06 bits per heavy atom. The van der Waals surface area contributed by atoms with Crippen molar-refractivity contribution in [1.82, 2.24) is 19.7 Å². The maximum atomic E-state index is 4.41. The Labute approximate surface area is 99.9 Å². The second kappa shape index (κ2) is 3.84. The van der Waals surface area contributed by atoms with Crippen molar-refractivity contribution in [2.24, 2.45) is 0 Å². The molecule has 2 aromatic heterocycles. The summed E-state index contributed by atoms with van der Waals surface area (Å²) in [4.78, 5) is 8.48. The van der Waals surface area contributed by atoms with Crippen LogP contribution in [0.25, 0.3) is 5.82 Å². The SMILES string of the molecule is Cc1cc(C)n(-c2cc(NC3CC3)ncn2)n1. The van der Waals surface area contributed by atoms with E-state index in [1.165, 1.54) is 12.8 Å². The lowest BCUT2D eigenvalue weighted by atomic mass is 10.4. The van der Waals surface area contributed by atoms with Crippen molar-refractivity contribution in [3.05, 3.63) is 29.8 Å². The number of aromatic nitrogens is 4. The van der Waals surface area contributed by atoms with Crippen LogP contribution < -0.4 is 5.32 Å². The monoisotopic (exact) mass is 229 g/mol. The van der Waals surface area contributed by atoms with Gasteiger partial charge >= 0.3 is 0 Å². The van der Waals surface area contributed by atoms with E-state index in [0.29, 0.717) is 6.04 Å². The second-order valence-electron chi connectivity index (χ2n) is 4.52. The number of hydrogen-bond acceptors (Lipinski definition) is 4. The van der Waals surface area contributed by atoms with Gasteiger partial charge in [0.1, 0.15) is 12.1 Å². The summed E-state index contributed by atoms with van der Waals surface area (Å²) in [5.74, 6) is 1.69. The summed E-state index contributed by atoms with van der Waals surface area (Å²) in [6, 6.07) is 4.58. The standard InChI is InChI=1S/C12H15N5/c1-8-5-9(2)17(16-8)12-6-11(13-7-14-12)15-10-3-4-10/h5-7,10H,3-4H2,1-2H3,(H,13,14,15). The maximum Gasteiger partial charge on any atom is 0.159 e. The van der Waals surface area contributed by atoms with Crippen LogP contribution in [0.5, 0.6) is 0 Å². The smallest absolute Gasteiger partial charge is 0.159 e. The van der Waals surface area contributed by atoms with Crippen LogP contribution in [0, 0.1) is 13.8 Å². The van der Waals surface area contributed by atoms with Crippen LogP contribution in [0.1, 0.15) is 24.2 Å². The lowest BCUT2D eigenvalue weighted by Crippen LogP contribution is -2.07. The van der Waals surface area contributed by atoms with E-state index in [0.717, 1.165) is 23.0 Å². The summed E-state index contributed by atoms with van der Waals surface area (Å²) in [7, 11) is 0. The highest BCUT2D eigenvalue weighted by Crippen LogP contribution is 2.24. The molecular formula is C12H15N5. The molecule has 1 fully saturated rings. The van der Waals surface area contributed by atoms with E-state index in [-0.39, 0.29) is 0 Å². The number of anilines is 1. The maximum absolute atomic E-state index is 4.41. The molecule has 2 aromatic rings. The summed E-state index contributed by atoms with van der Waals surface area (Å²) in [6.07, 6.45) is 4.05. The number of hydrogen-bond donors (Lipinski definition) is 1. The molecule has 5 nitrogen and oxygen atoms in total. The van der Waals surface area contributed by atoms with Gasteiger partial charge in [0.15, 0.2) is 5.82 Å². The van der Waals surface area contributed by atoms with Gasteiger partial charge in [0.05, 0.1) is 5.69 Å². The largest absolute Gasteiger partial charge is 0.367 e. The third-order valence-electron chi connectivity index (χ3n) is 2.81. The van der Waals surface area contributed by atoms with E-state index in [9.17, 15) is 0 Å². The van der Waals surface area contributed by atoms with Crippen LogP contribution in [0.3, 0.4) is 0 Å². The Bertz CT molecular complexity index is 542. The van der Waals surface area contributed by atoms with Crippen molar-refractivity contribution in [1.29, 1.82) is 0 Å². The summed E-state index contributed by atoms with van der Waals surface area (Å²) < 4.78 is 1.84. The molecule has 0 aromatic carbocycles. The average molecular weight is 229 g/mol. The van der Waals surface area contributed by atoms with Crippen LogP contribution in [-0.4, -0.2) is 25.8 Å². The third kappa shape index (κ3) is 2.13. The number of nitrogens with zero attached hydrogens (tertiary/aromatic N) is 4. The van der Waals surface area contributed by atoms with Crippen LogP contribution in [0.2, 0.25) is 0 Å². The number of rotatable bonds is 3. The number of aryl methyl sites for hydroxylation is 2. The highest BCUT2D eigenvalue weighted by molar-refractivity contribution is 5.42. The normalized spacial score (nSPS) is 14.9. The highest BCUT2D eigenvalue weighted by Gasteiger charge is 2.21. The van der Waals surface area contributed by atoms with Gasteiger partial charge in [0.2, 0.25) is 0 Å². The number of nitrogens with one attached hydrogen (secondary N) is 1. The Kier molecular flexibility index (Phi) is 2.31. The third-order valence-corrected chi connectivity index (χ3v) is 2.81. The molecule has 0 unspecified atom stereocenters. The topological polar surface area (TPSA) is 55.6 Å². The zero-order valence-electron chi connectivity index (χ0n) is 10.0. The Balaban J connectivity index is 1.93. The molecule has 1 aliphatic rings. The molecule has 3 rings (SSSR count). The molecule has 1 saturated carbocycles. The van der Waals surface area contributed by atoms with Gasteiger partial charge in [-0.15, -0.1) is 0 Å². The molecule has 0 bridgehead atoms. The minimum absolute atomic E-state index is 0.596.